The van der Waals surface area contributed by atoms with Gasteiger partial charge in [-0.3, -0.25) is 4.79 Å². The number of hydrogen-bond acceptors (Lipinski definition) is 1. The van der Waals surface area contributed by atoms with Gasteiger partial charge in [-0.1, -0.05) is 36.5 Å². The Morgan fingerprint density at radius 2 is 2.10 bits per heavy atom. The molecule has 1 nitrogen and oxygen atoms in total. The standard InChI is InChI=1S/C6H8Cl3O/c1-2-3-5(7)6(8,9)4-10/h5H,2-3H2,1H3. The van der Waals surface area contributed by atoms with Crippen LogP contribution in [0.1, 0.15) is 19.8 Å². The highest BCUT2D eigenvalue weighted by molar-refractivity contribution is 6.59. The van der Waals surface area contributed by atoms with Crippen molar-refractivity contribution in [2.24, 2.45) is 0 Å². The highest BCUT2D eigenvalue weighted by Gasteiger charge is 2.33. The zero-order valence-corrected chi connectivity index (χ0v) is 7.80. The Kier molecular flexibility index (Phi) is 4.66. The quantitative estimate of drug-likeness (QED) is 0.641. The van der Waals surface area contributed by atoms with Gasteiger partial charge in [-0.2, -0.15) is 0 Å². The first-order valence-electron chi connectivity index (χ1n) is 2.95. The van der Waals surface area contributed by atoms with Crippen LogP contribution in [-0.4, -0.2) is 16.0 Å². The van der Waals surface area contributed by atoms with Crippen LogP contribution in [-0.2, 0) is 4.79 Å². The molecule has 59 valence electrons. The van der Waals surface area contributed by atoms with Crippen molar-refractivity contribution in [1.29, 1.82) is 0 Å². The first kappa shape index (κ1) is 10.5. The molecule has 0 spiro atoms. The van der Waals surface area contributed by atoms with Gasteiger partial charge < -0.3 is 0 Å². The fourth-order valence-corrected chi connectivity index (χ4v) is 0.980. The summed E-state index contributed by atoms with van der Waals surface area (Å²) in [5.41, 5.74) is 0. The molecule has 0 bridgehead atoms. The maximum atomic E-state index is 10.1. The Morgan fingerprint density at radius 3 is 2.40 bits per heavy atom. The van der Waals surface area contributed by atoms with Crippen LogP contribution in [0.4, 0.5) is 0 Å². The van der Waals surface area contributed by atoms with Crippen LogP contribution >= 0.6 is 34.8 Å². The van der Waals surface area contributed by atoms with E-state index in [0.717, 1.165) is 6.42 Å². The molecule has 0 aromatic carbocycles. The lowest BCUT2D eigenvalue weighted by molar-refractivity contribution is 0.542. The molecule has 0 aliphatic rings. The van der Waals surface area contributed by atoms with E-state index in [1.165, 1.54) is 6.29 Å². The van der Waals surface area contributed by atoms with E-state index in [1.54, 1.807) is 0 Å². The number of rotatable bonds is 4. The van der Waals surface area contributed by atoms with E-state index in [4.69, 9.17) is 34.8 Å². The fourth-order valence-electron chi connectivity index (χ4n) is 0.499. The minimum Gasteiger partial charge on any atom is -0.287 e. The van der Waals surface area contributed by atoms with Gasteiger partial charge in [0.05, 0.1) is 5.38 Å². The zero-order chi connectivity index (χ0) is 8.20. The molecule has 1 atom stereocenters. The Hall–Kier alpha value is 0.540. The van der Waals surface area contributed by atoms with Gasteiger partial charge in [0.25, 0.3) is 0 Å². The van der Waals surface area contributed by atoms with Gasteiger partial charge in [0.2, 0.25) is 6.29 Å². The third-order valence-electron chi connectivity index (χ3n) is 1.07. The van der Waals surface area contributed by atoms with Crippen LogP contribution in [0.2, 0.25) is 0 Å². The summed E-state index contributed by atoms with van der Waals surface area (Å²) in [4.78, 5) is 10.1. The predicted octanol–water partition coefficient (Wildman–Crippen LogP) is 2.68. The maximum absolute atomic E-state index is 10.1. The average Bonchev–Trinajstić information content (AvgIpc) is 1.89. The van der Waals surface area contributed by atoms with Crippen molar-refractivity contribution in [3.8, 4) is 0 Å². The largest absolute Gasteiger partial charge is 0.287 e. The van der Waals surface area contributed by atoms with Crippen molar-refractivity contribution in [2.45, 2.75) is 29.5 Å². The van der Waals surface area contributed by atoms with E-state index < -0.39 is 9.71 Å². The summed E-state index contributed by atoms with van der Waals surface area (Å²) in [6.07, 6.45) is 2.93. The van der Waals surface area contributed by atoms with Gasteiger partial charge in [0.15, 0.2) is 4.33 Å². The number of alkyl halides is 3. The monoisotopic (exact) mass is 201 g/mol. The zero-order valence-electron chi connectivity index (χ0n) is 5.53. The van der Waals surface area contributed by atoms with Crippen molar-refractivity contribution in [3.63, 3.8) is 0 Å². The summed E-state index contributed by atoms with van der Waals surface area (Å²) < 4.78 is -1.54. The third kappa shape index (κ3) is 3.09. The molecule has 0 heterocycles. The lowest BCUT2D eigenvalue weighted by Crippen LogP contribution is -2.27. The first-order valence-corrected chi connectivity index (χ1v) is 4.15. The second kappa shape index (κ2) is 4.42. The Morgan fingerprint density at radius 1 is 1.60 bits per heavy atom. The average molecular weight is 202 g/mol. The van der Waals surface area contributed by atoms with Crippen LogP contribution in [0.15, 0.2) is 0 Å². The molecule has 0 N–H and O–H groups in total. The summed E-state index contributed by atoms with van der Waals surface area (Å²) in [6, 6.07) is 0. The maximum Gasteiger partial charge on any atom is 0.239 e. The number of halogens is 3. The van der Waals surface area contributed by atoms with Crippen molar-refractivity contribution in [1.82, 2.24) is 0 Å². The van der Waals surface area contributed by atoms with Gasteiger partial charge >= 0.3 is 0 Å². The van der Waals surface area contributed by atoms with Gasteiger partial charge in [0, 0.05) is 0 Å². The molecule has 0 rings (SSSR count). The van der Waals surface area contributed by atoms with Gasteiger partial charge in [-0.05, 0) is 6.42 Å². The molecule has 0 aromatic rings. The fraction of sp³-hybridized carbons (Fsp3) is 0.833. The summed E-state index contributed by atoms with van der Waals surface area (Å²) in [5.74, 6) is 0. The van der Waals surface area contributed by atoms with Gasteiger partial charge in [-0.25, -0.2) is 0 Å². The van der Waals surface area contributed by atoms with Crippen LogP contribution in [0.3, 0.4) is 0 Å². The molecule has 0 aromatic heterocycles. The topological polar surface area (TPSA) is 17.1 Å². The predicted molar refractivity (Wildman–Crippen MR) is 44.7 cm³/mol. The second-order valence-electron chi connectivity index (χ2n) is 1.98. The molecule has 1 unspecified atom stereocenters. The molecule has 0 saturated carbocycles. The Labute approximate surface area is 75.6 Å². The van der Waals surface area contributed by atoms with Crippen LogP contribution in [0, 0.1) is 0 Å². The Bertz CT molecular complexity index is 114. The molecule has 0 aliphatic carbocycles. The summed E-state index contributed by atoms with van der Waals surface area (Å²) in [5, 5.41) is -0.543. The molecule has 10 heavy (non-hydrogen) atoms. The minimum atomic E-state index is -1.54. The summed E-state index contributed by atoms with van der Waals surface area (Å²) >= 11 is 16.6. The molecule has 4 heteroatoms. The van der Waals surface area contributed by atoms with Crippen molar-refractivity contribution in [3.05, 3.63) is 0 Å². The van der Waals surface area contributed by atoms with Crippen LogP contribution in [0.25, 0.3) is 0 Å². The molecule has 1 radical (unpaired) electrons. The van der Waals surface area contributed by atoms with Crippen LogP contribution < -0.4 is 0 Å². The van der Waals surface area contributed by atoms with Gasteiger partial charge in [0.1, 0.15) is 0 Å². The second-order valence-corrected chi connectivity index (χ2v) is 3.89. The molecule has 0 aliphatic heterocycles. The lowest BCUT2D eigenvalue weighted by Gasteiger charge is -2.16. The van der Waals surface area contributed by atoms with E-state index in [1.807, 2.05) is 6.92 Å². The normalized spacial score (nSPS) is 14.8. The molecule has 0 fully saturated rings. The molecule has 0 saturated heterocycles. The highest BCUT2D eigenvalue weighted by atomic mass is 35.5. The van der Waals surface area contributed by atoms with E-state index in [2.05, 4.69) is 0 Å². The Balaban J connectivity index is 3.90. The van der Waals surface area contributed by atoms with E-state index in [-0.39, 0.29) is 0 Å². The number of hydrogen-bond donors (Lipinski definition) is 0. The van der Waals surface area contributed by atoms with Crippen molar-refractivity contribution < 1.29 is 4.79 Å². The van der Waals surface area contributed by atoms with Crippen molar-refractivity contribution in [2.75, 3.05) is 0 Å². The highest BCUT2D eigenvalue weighted by Crippen LogP contribution is 2.29. The van der Waals surface area contributed by atoms with Crippen molar-refractivity contribution >= 4 is 41.1 Å². The van der Waals surface area contributed by atoms with E-state index in [0.29, 0.717) is 6.42 Å². The number of carbonyl (C=O) groups excluding carboxylic acids is 1. The first-order chi connectivity index (χ1) is 4.54. The smallest absolute Gasteiger partial charge is 0.239 e. The molecular formula is C6H8Cl3O. The third-order valence-corrected chi connectivity index (χ3v) is 2.52. The minimum absolute atomic E-state index is 0.543. The lowest BCUT2D eigenvalue weighted by atomic mass is 10.2. The SMILES string of the molecule is CCCC(Cl)C(Cl)(Cl)[C]=O. The summed E-state index contributed by atoms with van der Waals surface area (Å²) in [6.45, 7) is 1.93. The van der Waals surface area contributed by atoms with E-state index in [9.17, 15) is 4.79 Å². The van der Waals surface area contributed by atoms with Crippen LogP contribution in [0.5, 0.6) is 0 Å². The molecule has 0 amide bonds. The summed E-state index contributed by atoms with van der Waals surface area (Å²) in [7, 11) is 0. The van der Waals surface area contributed by atoms with E-state index >= 15 is 0 Å². The molecular weight excluding hydrogens is 194 g/mol. The van der Waals surface area contributed by atoms with Gasteiger partial charge in [-0.15, -0.1) is 11.6 Å².